The molecule has 1 atom stereocenters. The van der Waals surface area contributed by atoms with E-state index in [9.17, 15) is 8.78 Å². The standard InChI is InChI=1S/C14H19ClF2N2O2/c1-18-2-4-19(5-3-18)14-12(16)6-10(7-13(14)17)21-11(8-15)9-20/h6-7,11,20H,2-5,8-9H2,1H3. The van der Waals surface area contributed by atoms with E-state index in [1.165, 1.54) is 0 Å². The van der Waals surface area contributed by atoms with Crippen molar-refractivity contribution in [2.45, 2.75) is 6.10 Å². The van der Waals surface area contributed by atoms with E-state index in [2.05, 4.69) is 4.90 Å². The Hall–Kier alpha value is -1.11. The van der Waals surface area contributed by atoms with Crippen molar-refractivity contribution >= 4 is 17.3 Å². The van der Waals surface area contributed by atoms with Crippen molar-refractivity contribution in [3.05, 3.63) is 23.8 Å². The smallest absolute Gasteiger partial charge is 0.153 e. The lowest BCUT2D eigenvalue weighted by molar-refractivity contribution is 0.131. The SMILES string of the molecule is CN1CCN(c2c(F)cc(OC(CO)CCl)cc2F)CC1. The van der Waals surface area contributed by atoms with Crippen LogP contribution in [0.3, 0.4) is 0 Å². The largest absolute Gasteiger partial charge is 0.487 e. The van der Waals surface area contributed by atoms with Crippen LogP contribution in [0.1, 0.15) is 0 Å². The van der Waals surface area contributed by atoms with Gasteiger partial charge in [0.1, 0.15) is 17.5 Å². The Morgan fingerprint density at radius 3 is 2.29 bits per heavy atom. The summed E-state index contributed by atoms with van der Waals surface area (Å²) in [4.78, 5) is 3.80. The molecule has 1 aromatic rings. The van der Waals surface area contributed by atoms with E-state index in [4.69, 9.17) is 21.4 Å². The van der Waals surface area contributed by atoms with Gasteiger partial charge in [-0.05, 0) is 7.05 Å². The Kier molecular flexibility index (Phi) is 5.61. The molecule has 1 aliphatic heterocycles. The average molecular weight is 321 g/mol. The van der Waals surface area contributed by atoms with E-state index in [1.54, 1.807) is 4.90 Å². The molecule has 1 N–H and O–H groups in total. The Bertz CT molecular complexity index is 455. The molecule has 1 fully saturated rings. The Labute approximate surface area is 127 Å². The van der Waals surface area contributed by atoms with Crippen molar-refractivity contribution in [2.24, 2.45) is 0 Å². The number of aliphatic hydroxyl groups is 1. The molecule has 4 nitrogen and oxygen atoms in total. The summed E-state index contributed by atoms with van der Waals surface area (Å²) >= 11 is 5.58. The molecule has 1 aliphatic rings. The van der Waals surface area contributed by atoms with Gasteiger partial charge in [-0.3, -0.25) is 0 Å². The van der Waals surface area contributed by atoms with Crippen LogP contribution in [-0.4, -0.2) is 61.8 Å². The number of anilines is 1. The van der Waals surface area contributed by atoms with Gasteiger partial charge in [0.2, 0.25) is 0 Å². The van der Waals surface area contributed by atoms with Gasteiger partial charge in [0.25, 0.3) is 0 Å². The summed E-state index contributed by atoms with van der Waals surface area (Å²) in [5.74, 6) is -1.26. The minimum Gasteiger partial charge on any atom is -0.487 e. The first-order valence-electron chi connectivity index (χ1n) is 6.81. The number of hydrogen-bond acceptors (Lipinski definition) is 4. The average Bonchev–Trinajstić information content (AvgIpc) is 2.46. The predicted octanol–water partition coefficient (Wildman–Crippen LogP) is 1.70. The maximum atomic E-state index is 14.2. The molecule has 0 amide bonds. The molecule has 0 radical (unpaired) electrons. The molecule has 1 unspecified atom stereocenters. The maximum Gasteiger partial charge on any atom is 0.153 e. The van der Waals surface area contributed by atoms with Crippen molar-refractivity contribution in [1.82, 2.24) is 4.90 Å². The van der Waals surface area contributed by atoms with E-state index in [0.717, 1.165) is 25.2 Å². The van der Waals surface area contributed by atoms with Gasteiger partial charge in [0, 0.05) is 38.3 Å². The van der Waals surface area contributed by atoms with Crippen molar-refractivity contribution in [2.75, 3.05) is 50.6 Å². The number of piperazine rings is 1. The Morgan fingerprint density at radius 2 is 1.81 bits per heavy atom. The first-order chi connectivity index (χ1) is 10.0. The van der Waals surface area contributed by atoms with Gasteiger partial charge in [-0.25, -0.2) is 8.78 Å². The van der Waals surface area contributed by atoms with Gasteiger partial charge < -0.3 is 19.6 Å². The van der Waals surface area contributed by atoms with Crippen LogP contribution >= 0.6 is 11.6 Å². The number of likely N-dealkylation sites (N-methyl/N-ethyl adjacent to an activating group) is 1. The highest BCUT2D eigenvalue weighted by Gasteiger charge is 2.22. The van der Waals surface area contributed by atoms with E-state index in [1.807, 2.05) is 7.05 Å². The van der Waals surface area contributed by atoms with Gasteiger partial charge >= 0.3 is 0 Å². The summed E-state index contributed by atoms with van der Waals surface area (Å²) in [6, 6.07) is 2.26. The first-order valence-corrected chi connectivity index (χ1v) is 7.34. The third-order valence-electron chi connectivity index (χ3n) is 3.49. The number of halogens is 3. The summed E-state index contributed by atoms with van der Waals surface area (Å²) in [7, 11) is 1.97. The number of hydrogen-bond donors (Lipinski definition) is 1. The second-order valence-corrected chi connectivity index (χ2v) is 5.41. The van der Waals surface area contributed by atoms with Crippen LogP contribution in [0.4, 0.5) is 14.5 Å². The summed E-state index contributed by atoms with van der Waals surface area (Å²) in [5, 5.41) is 9.00. The highest BCUT2D eigenvalue weighted by Crippen LogP contribution is 2.29. The van der Waals surface area contributed by atoms with E-state index < -0.39 is 17.7 Å². The van der Waals surface area contributed by atoms with Crippen LogP contribution in [-0.2, 0) is 0 Å². The zero-order chi connectivity index (χ0) is 15.4. The topological polar surface area (TPSA) is 35.9 Å². The van der Waals surface area contributed by atoms with Crippen LogP contribution in [0.25, 0.3) is 0 Å². The number of ether oxygens (including phenoxy) is 1. The first kappa shape index (κ1) is 16.3. The third kappa shape index (κ3) is 3.96. The van der Waals surface area contributed by atoms with Crippen LogP contribution in [0.15, 0.2) is 12.1 Å². The lowest BCUT2D eigenvalue weighted by Crippen LogP contribution is -2.45. The highest BCUT2D eigenvalue weighted by atomic mass is 35.5. The molecule has 7 heteroatoms. The summed E-state index contributed by atoms with van der Waals surface area (Å²) in [5.41, 5.74) is -0.0260. The number of aliphatic hydroxyl groups excluding tert-OH is 1. The molecule has 2 rings (SSSR count). The van der Waals surface area contributed by atoms with E-state index in [0.29, 0.717) is 13.1 Å². The number of benzene rings is 1. The molecule has 0 aliphatic carbocycles. The zero-order valence-corrected chi connectivity index (χ0v) is 12.6. The van der Waals surface area contributed by atoms with Gasteiger partial charge in [-0.2, -0.15) is 0 Å². The van der Waals surface area contributed by atoms with Gasteiger partial charge in [-0.15, -0.1) is 11.6 Å². The normalized spacial score (nSPS) is 17.9. The molecular formula is C14H19ClF2N2O2. The van der Waals surface area contributed by atoms with Crippen LogP contribution < -0.4 is 9.64 Å². The quantitative estimate of drug-likeness (QED) is 0.838. The maximum absolute atomic E-state index is 14.2. The van der Waals surface area contributed by atoms with Crippen molar-refractivity contribution in [3.63, 3.8) is 0 Å². The molecule has 1 heterocycles. The van der Waals surface area contributed by atoms with Crippen LogP contribution in [0.5, 0.6) is 5.75 Å². The molecule has 118 valence electrons. The number of rotatable bonds is 5. The third-order valence-corrected chi connectivity index (χ3v) is 3.83. The molecule has 0 spiro atoms. The molecule has 0 aromatic heterocycles. The molecule has 21 heavy (non-hydrogen) atoms. The van der Waals surface area contributed by atoms with Gasteiger partial charge in [-0.1, -0.05) is 0 Å². The summed E-state index contributed by atoms with van der Waals surface area (Å²) in [6.45, 7) is 2.36. The van der Waals surface area contributed by atoms with Crippen molar-refractivity contribution in [3.8, 4) is 5.75 Å². The molecule has 0 saturated carbocycles. The molecule has 1 aromatic carbocycles. The Morgan fingerprint density at radius 1 is 1.24 bits per heavy atom. The van der Waals surface area contributed by atoms with Gasteiger partial charge in [0.05, 0.1) is 12.5 Å². The molecule has 0 bridgehead atoms. The second-order valence-electron chi connectivity index (χ2n) is 5.10. The number of alkyl halides is 1. The fourth-order valence-corrected chi connectivity index (χ4v) is 2.41. The lowest BCUT2D eigenvalue weighted by Gasteiger charge is -2.34. The predicted molar refractivity (Wildman–Crippen MR) is 78.3 cm³/mol. The van der Waals surface area contributed by atoms with Crippen molar-refractivity contribution < 1.29 is 18.6 Å². The van der Waals surface area contributed by atoms with Crippen LogP contribution in [0.2, 0.25) is 0 Å². The van der Waals surface area contributed by atoms with Crippen molar-refractivity contribution in [1.29, 1.82) is 0 Å². The summed E-state index contributed by atoms with van der Waals surface area (Å²) in [6.07, 6.45) is -0.681. The van der Waals surface area contributed by atoms with Gasteiger partial charge in [0.15, 0.2) is 11.6 Å². The zero-order valence-electron chi connectivity index (χ0n) is 11.9. The minimum atomic E-state index is -0.681. The fourth-order valence-electron chi connectivity index (χ4n) is 2.25. The second kappa shape index (κ2) is 7.24. The number of nitrogens with zero attached hydrogens (tertiary/aromatic N) is 2. The van der Waals surface area contributed by atoms with E-state index >= 15 is 0 Å². The molecular weight excluding hydrogens is 302 g/mol. The Balaban J connectivity index is 2.17. The lowest BCUT2D eigenvalue weighted by atomic mass is 10.2. The van der Waals surface area contributed by atoms with Crippen LogP contribution in [0, 0.1) is 11.6 Å². The fraction of sp³-hybridized carbons (Fsp3) is 0.571. The summed E-state index contributed by atoms with van der Waals surface area (Å²) < 4.78 is 33.6. The monoisotopic (exact) mass is 320 g/mol. The minimum absolute atomic E-state index is 0.0260. The molecule has 1 saturated heterocycles. The van der Waals surface area contributed by atoms with E-state index in [-0.39, 0.29) is 23.9 Å². The highest BCUT2D eigenvalue weighted by molar-refractivity contribution is 6.18.